The van der Waals surface area contributed by atoms with Crippen molar-refractivity contribution in [3.05, 3.63) is 351 Å². The number of hydrogen-bond donors (Lipinski definition) is 2. The number of Topliss-reactive ketones (excluding diaryl/α,β-unsaturated/α-hetero) is 1. The fourth-order valence-electron chi connectivity index (χ4n) is 15.2. The number of ether oxygens (including phenoxy) is 3. The molecule has 144 heavy (non-hydrogen) atoms. The monoisotopic (exact) mass is 2560 g/mol. The first-order valence-corrected chi connectivity index (χ1v) is 54.0. The third-order valence-corrected chi connectivity index (χ3v) is 26.8. The lowest BCUT2D eigenvalue weighted by Crippen LogP contribution is -2.44. The van der Waals surface area contributed by atoms with Crippen molar-refractivity contribution in [2.75, 3.05) is 138 Å². The first-order chi connectivity index (χ1) is 68.8. The van der Waals surface area contributed by atoms with E-state index < -0.39 is 27.2 Å². The van der Waals surface area contributed by atoms with Gasteiger partial charge in [-0.2, -0.15) is 32.1 Å². The van der Waals surface area contributed by atoms with Gasteiger partial charge in [0, 0.05) is 153 Å². The second-order valence-electron chi connectivity index (χ2n) is 35.3. The Bertz CT molecular complexity index is 5410. The number of aliphatic hydroxyl groups is 1. The van der Waals surface area contributed by atoms with Gasteiger partial charge in [-0.05, 0) is 213 Å². The molecular formula is C108H135BF3I5N10O16S. The first kappa shape index (κ1) is 123. The molecule has 7 aromatic rings. The SMILES string of the molecule is C=CCOC1C(=O)N2CC(I)=CC1C2.C=CCOCC.C=CCON(C)C1C=C(I)CN(Cc2ccccc2)C1.C=CCONC1C=C(I)CN(Cc2ccccc2)C1.CC1(C)OB(c2cccnc2)OC1(C)C.CCOC(=O)CN(CC(C)=O)Cc1ccccc1.O=C1C=C(I)CN(Cc2ccccc2)C1.O=C1C=C(OS(=O)(=O)C(F)(F)F)CN(Cc2ccccc2)C1.OC1C=C(I)CN(Cc2ccccc2)C1. The second-order valence-corrected chi connectivity index (χ2v) is 43.7. The number of hydroxylamine groups is 3. The highest BCUT2D eigenvalue weighted by Crippen LogP contribution is 2.37. The van der Waals surface area contributed by atoms with Gasteiger partial charge in [-0.1, -0.05) is 231 Å². The molecule has 0 radical (unpaired) electrons. The lowest BCUT2D eigenvalue weighted by molar-refractivity contribution is -0.151. The van der Waals surface area contributed by atoms with E-state index in [9.17, 15) is 50.7 Å². The number of aliphatic hydroxyl groups excluding tert-OH is 1. The maximum Gasteiger partial charge on any atom is 0.534 e. The third kappa shape index (κ3) is 47.5. The largest absolute Gasteiger partial charge is 0.534 e. The Morgan fingerprint density at radius 2 is 0.993 bits per heavy atom. The van der Waals surface area contributed by atoms with E-state index in [-0.39, 0.29) is 92.1 Å². The minimum absolute atomic E-state index is 0.0200. The molecule has 0 saturated carbocycles. The van der Waals surface area contributed by atoms with Crippen molar-refractivity contribution < 1.29 is 88.0 Å². The minimum Gasteiger partial charge on any atom is -0.465 e. The van der Waals surface area contributed by atoms with Crippen LogP contribution < -0.4 is 10.9 Å². The lowest BCUT2D eigenvalue weighted by Gasteiger charge is -2.34. The van der Waals surface area contributed by atoms with Crippen LogP contribution in [0.3, 0.4) is 0 Å². The Morgan fingerprint density at radius 3 is 1.44 bits per heavy atom. The molecule has 5 atom stereocenters. The maximum atomic E-state index is 12.3. The summed E-state index contributed by atoms with van der Waals surface area (Å²) in [5.41, 5.74) is 5.12. The van der Waals surface area contributed by atoms with Crippen LogP contribution in [0.1, 0.15) is 81.8 Å². The van der Waals surface area contributed by atoms with E-state index in [1.165, 1.54) is 48.4 Å². The predicted molar refractivity (Wildman–Crippen MR) is 606 cm³/mol. The number of ketones is 3. The summed E-state index contributed by atoms with van der Waals surface area (Å²) in [6.07, 6.45) is 21.0. The van der Waals surface area contributed by atoms with Crippen LogP contribution in [0.4, 0.5) is 13.2 Å². The molecule has 778 valence electrons. The van der Waals surface area contributed by atoms with E-state index in [2.05, 4.69) is 289 Å². The van der Waals surface area contributed by atoms with Gasteiger partial charge >= 0.3 is 28.7 Å². The van der Waals surface area contributed by atoms with Crippen LogP contribution in [-0.2, 0) is 111 Å². The van der Waals surface area contributed by atoms with Gasteiger partial charge < -0.3 is 37.7 Å². The molecule has 0 spiro atoms. The van der Waals surface area contributed by atoms with Crippen molar-refractivity contribution in [3.8, 4) is 0 Å². The zero-order valence-corrected chi connectivity index (χ0v) is 94.7. The van der Waals surface area contributed by atoms with Gasteiger partial charge in [0.2, 0.25) is 0 Å². The number of pyridine rings is 1. The van der Waals surface area contributed by atoms with Crippen LogP contribution >= 0.6 is 113 Å². The highest BCUT2D eigenvalue weighted by molar-refractivity contribution is 14.1. The van der Waals surface area contributed by atoms with E-state index in [1.807, 2.05) is 124 Å². The van der Waals surface area contributed by atoms with Gasteiger partial charge in [0.25, 0.3) is 5.91 Å². The van der Waals surface area contributed by atoms with E-state index in [0.717, 1.165) is 118 Å². The van der Waals surface area contributed by atoms with Crippen LogP contribution in [0.15, 0.2) is 317 Å². The number of alkyl halides is 3. The molecule has 2 fully saturated rings. The van der Waals surface area contributed by atoms with Crippen LogP contribution in [0.2, 0.25) is 0 Å². The van der Waals surface area contributed by atoms with Crippen molar-refractivity contribution in [3.63, 3.8) is 0 Å². The topological polar surface area (TPSA) is 264 Å². The molecule has 2 bridgehead atoms. The van der Waals surface area contributed by atoms with Gasteiger partial charge in [0.1, 0.15) is 17.6 Å². The summed E-state index contributed by atoms with van der Waals surface area (Å²) in [7, 11) is -4.08. The molecule has 36 heteroatoms. The summed E-state index contributed by atoms with van der Waals surface area (Å²) < 4.78 is 96.2. The number of aromatic nitrogens is 1. The first-order valence-electron chi connectivity index (χ1n) is 47.2. The molecule has 2 saturated heterocycles. The number of likely N-dealkylation sites (N-methyl/N-ethyl adjacent to an activating group) is 1. The van der Waals surface area contributed by atoms with Crippen LogP contribution in [0, 0.1) is 5.92 Å². The van der Waals surface area contributed by atoms with Crippen LogP contribution in [0.5, 0.6) is 0 Å². The number of halogens is 8. The van der Waals surface area contributed by atoms with Gasteiger partial charge in [-0.25, -0.2) is 0 Å². The normalized spacial score (nSPS) is 19.2. The number of carbonyl (C=O) groups is 5. The van der Waals surface area contributed by atoms with Crippen LogP contribution in [-0.4, -0.2) is 274 Å². The lowest BCUT2D eigenvalue weighted by atomic mass is 9.80. The number of benzene rings is 6. The molecule has 2 N–H and O–H groups in total. The van der Waals surface area contributed by atoms with E-state index in [0.29, 0.717) is 58.7 Å². The highest BCUT2D eigenvalue weighted by Gasteiger charge is 2.52. The van der Waals surface area contributed by atoms with E-state index in [1.54, 1.807) is 84.9 Å². The fourth-order valence-corrected chi connectivity index (χ4v) is 20.1. The Hall–Kier alpha value is -7.53. The van der Waals surface area contributed by atoms with Crippen molar-refractivity contribution in [1.82, 2.24) is 49.8 Å². The number of fused-ring (bicyclic) bond motifs is 2. The maximum absolute atomic E-state index is 12.3. The quantitative estimate of drug-likeness (QED) is 0.00555. The van der Waals surface area contributed by atoms with E-state index in [4.69, 9.17) is 33.2 Å². The molecule has 1 aromatic heterocycles. The average Bonchev–Trinajstić information content (AvgIpc) is 1.63. The number of esters is 1. The van der Waals surface area contributed by atoms with Crippen molar-refractivity contribution in [2.45, 2.75) is 129 Å². The van der Waals surface area contributed by atoms with Gasteiger partial charge in [0.05, 0.1) is 102 Å². The molecule has 1 amide bonds. The number of hydrogen-bond acceptors (Lipinski definition) is 25. The molecule has 6 aromatic carbocycles. The molecule has 8 aliphatic rings. The summed E-state index contributed by atoms with van der Waals surface area (Å²) in [6, 6.07) is 64.9. The second kappa shape index (κ2) is 66.1. The van der Waals surface area contributed by atoms with Crippen LogP contribution in [0.25, 0.3) is 0 Å². The Balaban J connectivity index is 0.000000222. The van der Waals surface area contributed by atoms with E-state index >= 15 is 0 Å². The summed E-state index contributed by atoms with van der Waals surface area (Å²) in [5.74, 6) is -0.742. The Kier molecular flexibility index (Phi) is 56.7. The molecule has 15 rings (SSSR count). The van der Waals surface area contributed by atoms with Gasteiger partial charge in [0.15, 0.2) is 11.6 Å². The van der Waals surface area contributed by atoms with Crippen molar-refractivity contribution >= 4 is 165 Å². The number of rotatable bonds is 34. The Labute approximate surface area is 917 Å². The average molecular weight is 2560 g/mol. The fraction of sp³-hybridized carbons (Fsp3) is 0.389. The zero-order chi connectivity index (χ0) is 105. The smallest absolute Gasteiger partial charge is 0.465 e. The van der Waals surface area contributed by atoms with Gasteiger partial charge in [-0.15, -0.1) is 26.3 Å². The molecule has 0 aliphatic carbocycles. The summed E-state index contributed by atoms with van der Waals surface area (Å²) in [5, 5.41) is 11.5. The summed E-state index contributed by atoms with van der Waals surface area (Å²) >= 11 is 11.6. The Morgan fingerprint density at radius 1 is 0.542 bits per heavy atom. The summed E-state index contributed by atoms with van der Waals surface area (Å²) in [4.78, 5) is 86.8. The number of carbonyl (C=O) groups excluding carboxylic acids is 5. The zero-order valence-electron chi connectivity index (χ0n) is 83.1. The highest BCUT2D eigenvalue weighted by atomic mass is 127. The molecular weight excluding hydrogens is 2430 g/mol. The predicted octanol–water partition coefficient (Wildman–Crippen LogP) is 18.1. The summed E-state index contributed by atoms with van der Waals surface area (Å²) in [6.45, 7) is 44.6. The van der Waals surface area contributed by atoms with Gasteiger partial charge in [-0.3, -0.25) is 68.0 Å². The number of nitrogens with one attached hydrogen (secondary N) is 1. The number of nitrogens with zero attached hydrogens (tertiary/aromatic N) is 9. The van der Waals surface area contributed by atoms with Crippen molar-refractivity contribution in [2.24, 2.45) is 5.92 Å². The van der Waals surface area contributed by atoms with Crippen molar-refractivity contribution in [1.29, 1.82) is 0 Å². The molecule has 8 aliphatic heterocycles. The third-order valence-electron chi connectivity index (χ3n) is 22.3. The number of amides is 1. The number of β-amino-alcohol motifs (C(OH)–C–C–N with tert-alkyl or cyclic N) is 1. The molecule has 9 heterocycles. The molecule has 26 nitrogen and oxygen atoms in total. The minimum atomic E-state index is -5.76. The standard InChI is InChI=1S/C16H21IN2O.C15H19IN2O.C14H19NO3.C13H12F3NO4S.C12H14INO.C12H12INO.C11H16BNO2.C10H12INO2.C5H10O/c1-3-9-20-18(2)16-10-15(17)12-19(13-16)11-14-7-5-4-6-8-14;1-2-8-19-17-15-9-14(16)11-18(12-15)10-13-6-4-3-5-7-13;1-3-18-14(17)11-15(9-12(2)16)10-13-7-5-4-6-8-13;14-13(15,16)22(19,20)21-12-6-11(18)8-17(9-12)7-10-4-2-1-3-5-10;2*13-11-6-12(15)9-14(8-11)7-10-4-2-1-3-5-10;1-10(2)11(3,4)15-12(14-10)9-6-5-7-13-8-9;1-2-3-14-9-7-4-8(11)6-12(5-7)10(9)13;1-3-5-6-4-2/h3-8,10,16H,1,9,11-13H2,2H3;2-7,9,15,17H,1,8,10-12H2;4-8H,3,9-11H2,1-2H3;1-6H,7-9H2;1-6,12,15H,7-9H2;1-6H,7-9H2;5-8H,1-4H3;2,4,7,9H,1,3,5-6H2;3H,1,4-5H2,2H3. The molecule has 5 unspecified atom stereocenters.